The molecule has 0 saturated carbocycles. The van der Waals surface area contributed by atoms with E-state index < -0.39 is 5.91 Å². The Morgan fingerprint density at radius 3 is 2.00 bits per heavy atom. The van der Waals surface area contributed by atoms with E-state index in [0.29, 0.717) is 6.61 Å². The lowest BCUT2D eigenvalue weighted by atomic mass is 10.3. The Hall–Kier alpha value is -1.65. The van der Waals surface area contributed by atoms with E-state index in [1.54, 1.807) is 6.92 Å². The SMILES string of the molecule is C=CC(=O)OCC.CC(=O)CC(N)=O. The topological polar surface area (TPSA) is 86.5 Å². The van der Waals surface area contributed by atoms with Crippen LogP contribution in [0.5, 0.6) is 0 Å². The number of carbonyl (C=O) groups excluding carboxylic acids is 3. The molecule has 0 bridgehead atoms. The number of nitrogens with two attached hydrogens (primary N) is 1. The normalized spacial score (nSPS) is 7.86. The Bertz CT molecular complexity index is 211. The molecule has 5 nitrogen and oxygen atoms in total. The van der Waals surface area contributed by atoms with Gasteiger partial charge in [-0.25, -0.2) is 4.79 Å². The zero-order valence-corrected chi connectivity index (χ0v) is 8.41. The van der Waals surface area contributed by atoms with Gasteiger partial charge in [0.05, 0.1) is 13.0 Å². The maximum Gasteiger partial charge on any atom is 0.330 e. The maximum absolute atomic E-state index is 10.1. The Morgan fingerprint density at radius 1 is 1.43 bits per heavy atom. The van der Waals surface area contributed by atoms with Crippen LogP contribution < -0.4 is 5.73 Å². The minimum absolute atomic E-state index is 0.139. The number of Topliss-reactive ketones (excluding diaryl/α,β-unsaturated/α-hetero) is 1. The number of primary amides is 1. The Balaban J connectivity index is 0. The fourth-order valence-corrected chi connectivity index (χ4v) is 0.447. The van der Waals surface area contributed by atoms with Crippen molar-refractivity contribution in [1.82, 2.24) is 0 Å². The molecule has 0 heterocycles. The van der Waals surface area contributed by atoms with Gasteiger partial charge in [0.2, 0.25) is 5.91 Å². The van der Waals surface area contributed by atoms with Gasteiger partial charge in [0.25, 0.3) is 0 Å². The highest BCUT2D eigenvalue weighted by Crippen LogP contribution is 1.75. The van der Waals surface area contributed by atoms with Crippen molar-refractivity contribution < 1.29 is 19.1 Å². The lowest BCUT2D eigenvalue weighted by molar-refractivity contribution is -0.137. The van der Waals surface area contributed by atoms with Crippen LogP contribution >= 0.6 is 0 Å². The molecule has 0 radical (unpaired) electrons. The van der Waals surface area contributed by atoms with E-state index >= 15 is 0 Å². The molecule has 1 amide bonds. The monoisotopic (exact) mass is 201 g/mol. The van der Waals surface area contributed by atoms with E-state index in [-0.39, 0.29) is 18.2 Å². The lowest BCUT2D eigenvalue weighted by Gasteiger charge is -1.90. The van der Waals surface area contributed by atoms with Crippen molar-refractivity contribution in [3.8, 4) is 0 Å². The quantitative estimate of drug-likeness (QED) is 0.399. The molecule has 0 atom stereocenters. The molecule has 0 aliphatic heterocycles. The van der Waals surface area contributed by atoms with Crippen LogP contribution in [0.1, 0.15) is 20.3 Å². The van der Waals surface area contributed by atoms with Crippen molar-refractivity contribution in [2.24, 2.45) is 5.73 Å². The summed E-state index contributed by atoms with van der Waals surface area (Å²) in [4.78, 5) is 29.8. The fourth-order valence-electron chi connectivity index (χ4n) is 0.447. The molecule has 0 unspecified atom stereocenters. The van der Waals surface area contributed by atoms with Crippen molar-refractivity contribution in [2.45, 2.75) is 20.3 Å². The van der Waals surface area contributed by atoms with Crippen LogP contribution in [0.2, 0.25) is 0 Å². The number of ketones is 1. The smallest absolute Gasteiger partial charge is 0.330 e. The first-order valence-corrected chi connectivity index (χ1v) is 4.00. The zero-order chi connectivity index (χ0) is 11.6. The molecule has 0 aromatic rings. The summed E-state index contributed by atoms with van der Waals surface area (Å²) in [6, 6.07) is 0. The molecule has 0 spiro atoms. The third-order valence-corrected chi connectivity index (χ3v) is 0.876. The average Bonchev–Trinajstić information content (AvgIpc) is 2.03. The maximum atomic E-state index is 10.1. The van der Waals surface area contributed by atoms with E-state index in [1.165, 1.54) is 6.92 Å². The first-order chi connectivity index (χ1) is 6.43. The number of esters is 1. The van der Waals surface area contributed by atoms with Crippen molar-refractivity contribution in [1.29, 1.82) is 0 Å². The summed E-state index contributed by atoms with van der Waals surface area (Å²) in [6.07, 6.45) is 1.00. The summed E-state index contributed by atoms with van der Waals surface area (Å²) in [5.41, 5.74) is 4.63. The second-order valence-corrected chi connectivity index (χ2v) is 2.30. The molecule has 2 N–H and O–H groups in total. The summed E-state index contributed by atoms with van der Waals surface area (Å²) in [5, 5.41) is 0. The predicted octanol–water partition coefficient (Wildman–Crippen LogP) is 0.186. The fraction of sp³-hybridized carbons (Fsp3) is 0.444. The molecule has 0 aromatic heterocycles. The van der Waals surface area contributed by atoms with Gasteiger partial charge < -0.3 is 10.5 Å². The third-order valence-electron chi connectivity index (χ3n) is 0.876. The average molecular weight is 201 g/mol. The van der Waals surface area contributed by atoms with Gasteiger partial charge in [-0.15, -0.1) is 0 Å². The second-order valence-electron chi connectivity index (χ2n) is 2.30. The number of hydrogen-bond donors (Lipinski definition) is 1. The highest BCUT2D eigenvalue weighted by Gasteiger charge is 1.95. The summed E-state index contributed by atoms with van der Waals surface area (Å²) in [6.45, 7) is 6.70. The first-order valence-electron chi connectivity index (χ1n) is 4.00. The van der Waals surface area contributed by atoms with Crippen LogP contribution in [0.3, 0.4) is 0 Å². The number of hydrogen-bond acceptors (Lipinski definition) is 4. The number of rotatable bonds is 4. The standard InChI is InChI=1S/C5H8O2.C4H7NO2/c1-3-5(6)7-4-2;1-3(6)2-4(5)7/h3H,1,4H2,2H3;2H2,1H3,(H2,5,7). The Morgan fingerprint density at radius 2 is 1.93 bits per heavy atom. The van der Waals surface area contributed by atoms with Crippen molar-refractivity contribution in [3.63, 3.8) is 0 Å². The van der Waals surface area contributed by atoms with Gasteiger partial charge in [0.1, 0.15) is 5.78 Å². The van der Waals surface area contributed by atoms with Crippen LogP contribution in [0.15, 0.2) is 12.7 Å². The van der Waals surface area contributed by atoms with Gasteiger partial charge >= 0.3 is 5.97 Å². The molecule has 0 aliphatic carbocycles. The van der Waals surface area contributed by atoms with Crippen LogP contribution in [0.25, 0.3) is 0 Å². The molecular weight excluding hydrogens is 186 g/mol. The lowest BCUT2D eigenvalue weighted by Crippen LogP contribution is -2.13. The largest absolute Gasteiger partial charge is 0.463 e. The summed E-state index contributed by atoms with van der Waals surface area (Å²) < 4.78 is 4.43. The summed E-state index contributed by atoms with van der Waals surface area (Å²) in [7, 11) is 0. The van der Waals surface area contributed by atoms with Crippen molar-refractivity contribution in [3.05, 3.63) is 12.7 Å². The van der Waals surface area contributed by atoms with E-state index in [0.717, 1.165) is 6.08 Å². The molecule has 0 aliphatic rings. The summed E-state index contributed by atoms with van der Waals surface area (Å²) >= 11 is 0. The zero-order valence-electron chi connectivity index (χ0n) is 8.41. The van der Waals surface area contributed by atoms with Crippen LogP contribution in [-0.2, 0) is 19.1 Å². The van der Waals surface area contributed by atoms with E-state index in [2.05, 4.69) is 17.0 Å². The first kappa shape index (κ1) is 14.9. The summed E-state index contributed by atoms with van der Waals surface area (Å²) in [5.74, 6) is -1.11. The molecule has 0 saturated heterocycles. The molecular formula is C9H15NO4. The van der Waals surface area contributed by atoms with Gasteiger partial charge in [-0.3, -0.25) is 9.59 Å². The molecule has 0 aromatic carbocycles. The highest BCUT2D eigenvalue weighted by atomic mass is 16.5. The third kappa shape index (κ3) is 16.7. The molecule has 80 valence electrons. The van der Waals surface area contributed by atoms with Crippen LogP contribution in [-0.4, -0.2) is 24.3 Å². The Labute approximate surface area is 82.9 Å². The second kappa shape index (κ2) is 9.44. The van der Waals surface area contributed by atoms with Gasteiger partial charge in [-0.05, 0) is 13.8 Å². The van der Waals surface area contributed by atoms with Gasteiger partial charge in [-0.1, -0.05) is 6.58 Å². The minimum atomic E-state index is -0.562. The van der Waals surface area contributed by atoms with E-state index in [4.69, 9.17) is 0 Å². The molecule has 0 fully saturated rings. The van der Waals surface area contributed by atoms with Crippen molar-refractivity contribution >= 4 is 17.7 Å². The Kier molecular flexibility index (Phi) is 10.0. The number of ether oxygens (including phenoxy) is 1. The van der Waals surface area contributed by atoms with Crippen molar-refractivity contribution in [2.75, 3.05) is 6.61 Å². The van der Waals surface area contributed by atoms with Crippen LogP contribution in [0.4, 0.5) is 0 Å². The molecule has 5 heteroatoms. The van der Waals surface area contributed by atoms with Gasteiger partial charge in [-0.2, -0.15) is 0 Å². The van der Waals surface area contributed by atoms with Gasteiger partial charge in [0.15, 0.2) is 0 Å². The van der Waals surface area contributed by atoms with Gasteiger partial charge in [0, 0.05) is 6.08 Å². The molecule has 14 heavy (non-hydrogen) atoms. The van der Waals surface area contributed by atoms with Crippen LogP contribution in [0, 0.1) is 0 Å². The minimum Gasteiger partial charge on any atom is -0.463 e. The van der Waals surface area contributed by atoms with E-state index in [1.807, 2.05) is 0 Å². The predicted molar refractivity (Wildman–Crippen MR) is 51.3 cm³/mol. The number of carbonyl (C=O) groups is 3. The van der Waals surface area contributed by atoms with E-state index in [9.17, 15) is 14.4 Å². The molecule has 0 rings (SSSR count). The number of amides is 1. The highest BCUT2D eigenvalue weighted by molar-refractivity contribution is 5.95.